The van der Waals surface area contributed by atoms with Gasteiger partial charge in [0.2, 0.25) is 11.8 Å². The van der Waals surface area contributed by atoms with Crippen LogP contribution in [0.25, 0.3) is 0 Å². The molecule has 0 spiro atoms. The highest BCUT2D eigenvalue weighted by Crippen LogP contribution is 2.29. The number of amides is 3. The van der Waals surface area contributed by atoms with E-state index in [9.17, 15) is 27.6 Å². The zero-order valence-electron chi connectivity index (χ0n) is 16.7. The molecule has 2 aromatic carbocycles. The smallest absolute Gasteiger partial charge is 0.343 e. The van der Waals surface area contributed by atoms with E-state index in [1.165, 1.54) is 0 Å². The number of halogens is 3. The first-order chi connectivity index (χ1) is 13.9. The van der Waals surface area contributed by atoms with E-state index in [-0.39, 0.29) is 18.0 Å². The fraction of sp³-hybridized carbons (Fsp3) is 0.286. The van der Waals surface area contributed by atoms with Crippen molar-refractivity contribution in [2.45, 2.75) is 26.9 Å². The number of carbonyl (C=O) groups is 3. The van der Waals surface area contributed by atoms with Crippen LogP contribution in [-0.4, -0.2) is 24.3 Å². The molecule has 0 saturated carbocycles. The molecule has 0 heterocycles. The van der Waals surface area contributed by atoms with E-state index < -0.39 is 29.0 Å². The van der Waals surface area contributed by atoms with Crippen molar-refractivity contribution in [2.75, 3.05) is 17.2 Å². The summed E-state index contributed by atoms with van der Waals surface area (Å²) >= 11 is 0. The predicted octanol–water partition coefficient (Wildman–Crippen LogP) is 4.06. The SMILES string of the molecule is CC(C)(C)C(=O)Nc1cccc(NC(=O)CNC(=O)c2ccc(C(F)(F)F)cc2)c1. The molecule has 0 aliphatic carbocycles. The van der Waals surface area contributed by atoms with Gasteiger partial charge in [0.25, 0.3) is 5.91 Å². The Morgan fingerprint density at radius 3 is 1.97 bits per heavy atom. The van der Waals surface area contributed by atoms with Crippen LogP contribution < -0.4 is 16.0 Å². The summed E-state index contributed by atoms with van der Waals surface area (Å²) in [5.41, 5.74) is -0.531. The summed E-state index contributed by atoms with van der Waals surface area (Å²) in [7, 11) is 0. The third-order valence-corrected chi connectivity index (χ3v) is 3.97. The molecule has 2 rings (SSSR count). The largest absolute Gasteiger partial charge is 0.416 e. The van der Waals surface area contributed by atoms with Crippen molar-refractivity contribution in [3.63, 3.8) is 0 Å². The number of hydrogen-bond acceptors (Lipinski definition) is 3. The molecule has 0 radical (unpaired) electrons. The van der Waals surface area contributed by atoms with Gasteiger partial charge in [-0.2, -0.15) is 13.2 Å². The average Bonchev–Trinajstić information content (AvgIpc) is 2.65. The fourth-order valence-corrected chi connectivity index (χ4v) is 2.27. The number of carbonyl (C=O) groups excluding carboxylic acids is 3. The second-order valence-corrected chi connectivity index (χ2v) is 7.59. The molecule has 9 heteroatoms. The normalized spacial score (nSPS) is 11.5. The Kier molecular flexibility index (Phi) is 6.86. The van der Waals surface area contributed by atoms with Gasteiger partial charge in [-0.1, -0.05) is 26.8 Å². The Balaban J connectivity index is 1.91. The van der Waals surface area contributed by atoms with Gasteiger partial charge in [-0.15, -0.1) is 0 Å². The number of anilines is 2. The molecule has 30 heavy (non-hydrogen) atoms. The van der Waals surface area contributed by atoms with Gasteiger partial charge in [-0.3, -0.25) is 14.4 Å². The first kappa shape index (κ1) is 22.9. The maximum Gasteiger partial charge on any atom is 0.416 e. The van der Waals surface area contributed by atoms with Crippen LogP contribution in [0.2, 0.25) is 0 Å². The van der Waals surface area contributed by atoms with Crippen LogP contribution in [0.4, 0.5) is 24.5 Å². The number of benzene rings is 2. The molecule has 0 fully saturated rings. The van der Waals surface area contributed by atoms with E-state index in [2.05, 4.69) is 16.0 Å². The lowest BCUT2D eigenvalue weighted by atomic mass is 9.95. The fourth-order valence-electron chi connectivity index (χ4n) is 2.27. The maximum atomic E-state index is 12.6. The molecule has 6 nitrogen and oxygen atoms in total. The summed E-state index contributed by atoms with van der Waals surface area (Å²) in [5.74, 6) is -1.39. The van der Waals surface area contributed by atoms with Crippen LogP contribution >= 0.6 is 0 Å². The van der Waals surface area contributed by atoms with E-state index in [1.807, 2.05) is 0 Å². The standard InChI is InChI=1S/C21H22F3N3O3/c1-20(2,3)19(30)27-16-6-4-5-15(11-16)26-17(28)12-25-18(29)13-7-9-14(10-8-13)21(22,23)24/h4-11H,12H2,1-3H3,(H,25,29)(H,26,28)(H,27,30). The van der Waals surface area contributed by atoms with Gasteiger partial charge >= 0.3 is 6.18 Å². The lowest BCUT2D eigenvalue weighted by Gasteiger charge is -2.18. The van der Waals surface area contributed by atoms with Crippen molar-refractivity contribution < 1.29 is 27.6 Å². The van der Waals surface area contributed by atoms with E-state index in [0.717, 1.165) is 24.3 Å². The lowest BCUT2D eigenvalue weighted by molar-refractivity contribution is -0.137. The lowest BCUT2D eigenvalue weighted by Crippen LogP contribution is -2.33. The van der Waals surface area contributed by atoms with E-state index >= 15 is 0 Å². The highest BCUT2D eigenvalue weighted by Gasteiger charge is 2.30. The number of alkyl halides is 3. The Hall–Kier alpha value is -3.36. The molecule has 0 aromatic heterocycles. The second-order valence-electron chi connectivity index (χ2n) is 7.59. The Morgan fingerprint density at radius 1 is 0.867 bits per heavy atom. The third-order valence-electron chi connectivity index (χ3n) is 3.97. The summed E-state index contributed by atoms with van der Waals surface area (Å²) in [4.78, 5) is 36.1. The molecule has 160 valence electrons. The first-order valence-electron chi connectivity index (χ1n) is 9.03. The minimum absolute atomic E-state index is 0.00249. The van der Waals surface area contributed by atoms with Gasteiger partial charge in [-0.05, 0) is 42.5 Å². The highest BCUT2D eigenvalue weighted by molar-refractivity contribution is 6.00. The van der Waals surface area contributed by atoms with Crippen molar-refractivity contribution in [1.82, 2.24) is 5.32 Å². The van der Waals surface area contributed by atoms with E-state index in [4.69, 9.17) is 0 Å². The van der Waals surface area contributed by atoms with Crippen LogP contribution in [0.3, 0.4) is 0 Å². The zero-order chi connectivity index (χ0) is 22.5. The molecule has 0 bridgehead atoms. The van der Waals surface area contributed by atoms with Gasteiger partial charge in [0.05, 0.1) is 12.1 Å². The summed E-state index contributed by atoms with van der Waals surface area (Å²) in [6.07, 6.45) is -4.49. The van der Waals surface area contributed by atoms with Crippen LogP contribution in [0, 0.1) is 5.41 Å². The molecular formula is C21H22F3N3O3. The van der Waals surface area contributed by atoms with Crippen molar-refractivity contribution in [2.24, 2.45) is 5.41 Å². The second kappa shape index (κ2) is 8.98. The number of rotatable bonds is 5. The van der Waals surface area contributed by atoms with Gasteiger partial charge < -0.3 is 16.0 Å². The molecule has 0 atom stereocenters. The first-order valence-corrected chi connectivity index (χ1v) is 9.03. The van der Waals surface area contributed by atoms with Crippen molar-refractivity contribution in [3.8, 4) is 0 Å². The highest BCUT2D eigenvalue weighted by atomic mass is 19.4. The number of hydrogen-bond donors (Lipinski definition) is 3. The van der Waals surface area contributed by atoms with Crippen LogP contribution in [0.15, 0.2) is 48.5 Å². The van der Waals surface area contributed by atoms with E-state index in [1.54, 1.807) is 45.0 Å². The predicted molar refractivity (Wildman–Crippen MR) is 107 cm³/mol. The molecule has 2 aromatic rings. The van der Waals surface area contributed by atoms with Crippen LogP contribution in [0.1, 0.15) is 36.7 Å². The van der Waals surface area contributed by atoms with Crippen LogP contribution in [-0.2, 0) is 15.8 Å². The maximum absolute atomic E-state index is 12.6. The molecule has 0 unspecified atom stereocenters. The van der Waals surface area contributed by atoms with Crippen molar-refractivity contribution in [3.05, 3.63) is 59.7 Å². The minimum Gasteiger partial charge on any atom is -0.343 e. The molecule has 0 aliphatic heterocycles. The number of nitrogens with one attached hydrogen (secondary N) is 3. The molecule has 0 saturated heterocycles. The van der Waals surface area contributed by atoms with Gasteiger partial charge in [0.1, 0.15) is 0 Å². The summed E-state index contributed by atoms with van der Waals surface area (Å²) in [5, 5.41) is 7.66. The van der Waals surface area contributed by atoms with Gasteiger partial charge in [-0.25, -0.2) is 0 Å². The Morgan fingerprint density at radius 2 is 1.43 bits per heavy atom. The van der Waals surface area contributed by atoms with Crippen molar-refractivity contribution in [1.29, 1.82) is 0 Å². The Bertz CT molecular complexity index is 933. The third kappa shape index (κ3) is 6.61. The van der Waals surface area contributed by atoms with Crippen LogP contribution in [0.5, 0.6) is 0 Å². The van der Waals surface area contributed by atoms with E-state index in [0.29, 0.717) is 11.4 Å². The van der Waals surface area contributed by atoms with Gasteiger partial charge in [0, 0.05) is 22.4 Å². The zero-order valence-corrected chi connectivity index (χ0v) is 16.7. The quantitative estimate of drug-likeness (QED) is 0.681. The minimum atomic E-state index is -4.49. The molecule has 3 amide bonds. The topological polar surface area (TPSA) is 87.3 Å². The molecular weight excluding hydrogens is 399 g/mol. The molecule has 3 N–H and O–H groups in total. The average molecular weight is 421 g/mol. The van der Waals surface area contributed by atoms with Gasteiger partial charge in [0.15, 0.2) is 0 Å². The summed E-state index contributed by atoms with van der Waals surface area (Å²) in [6, 6.07) is 10.2. The Labute approximate surface area is 171 Å². The summed E-state index contributed by atoms with van der Waals surface area (Å²) in [6.45, 7) is 4.94. The monoisotopic (exact) mass is 421 g/mol. The summed E-state index contributed by atoms with van der Waals surface area (Å²) < 4.78 is 37.7. The van der Waals surface area contributed by atoms with Crippen molar-refractivity contribution >= 4 is 29.1 Å². The molecule has 0 aliphatic rings.